The third-order valence-electron chi connectivity index (χ3n) is 3.00. The van der Waals surface area contributed by atoms with Crippen molar-refractivity contribution in [3.05, 3.63) is 64.9 Å². The minimum Gasteiger partial charge on any atom is -0.389 e. The van der Waals surface area contributed by atoms with Gasteiger partial charge in [-0.25, -0.2) is 4.39 Å². The zero-order valence-corrected chi connectivity index (χ0v) is 12.5. The normalized spacial score (nSPS) is 11.8. The molecule has 0 aliphatic carbocycles. The van der Waals surface area contributed by atoms with Crippen molar-refractivity contribution < 1.29 is 14.3 Å². The Kier molecular flexibility index (Phi) is 5.75. The van der Waals surface area contributed by atoms with Crippen LogP contribution in [0.5, 0.6) is 0 Å². The molecule has 22 heavy (non-hydrogen) atoms. The topological polar surface area (TPSA) is 61.4 Å². The van der Waals surface area contributed by atoms with E-state index in [2.05, 4.69) is 10.6 Å². The number of aliphatic hydroxyl groups is 1. The number of anilines is 1. The smallest absolute Gasteiger partial charge is 0.254 e. The monoisotopic (exact) mass is 322 g/mol. The molecule has 2 aromatic rings. The second-order valence-corrected chi connectivity index (χ2v) is 5.17. The molecular formula is C16H16ClFN2O2. The van der Waals surface area contributed by atoms with Gasteiger partial charge in [0, 0.05) is 23.8 Å². The number of hydrogen-bond acceptors (Lipinski definition) is 3. The maximum absolute atomic E-state index is 13.4. The Balaban J connectivity index is 1.78. The third-order valence-corrected chi connectivity index (χ3v) is 3.25. The lowest BCUT2D eigenvalue weighted by Gasteiger charge is -2.14. The minimum absolute atomic E-state index is 0.0216. The highest BCUT2D eigenvalue weighted by molar-refractivity contribution is 6.30. The van der Waals surface area contributed by atoms with Crippen molar-refractivity contribution in [1.29, 1.82) is 0 Å². The molecule has 0 saturated heterocycles. The van der Waals surface area contributed by atoms with E-state index >= 15 is 0 Å². The van der Waals surface area contributed by atoms with Crippen LogP contribution in [0, 0.1) is 5.82 Å². The average molecular weight is 323 g/mol. The second kappa shape index (κ2) is 7.77. The van der Waals surface area contributed by atoms with Gasteiger partial charge < -0.3 is 15.7 Å². The van der Waals surface area contributed by atoms with Gasteiger partial charge in [0.15, 0.2) is 0 Å². The Hall–Kier alpha value is -2.11. The van der Waals surface area contributed by atoms with Crippen LogP contribution in [0.1, 0.15) is 10.4 Å². The van der Waals surface area contributed by atoms with E-state index in [1.807, 2.05) is 0 Å². The minimum atomic E-state index is -0.800. The number of rotatable bonds is 6. The lowest BCUT2D eigenvalue weighted by atomic mass is 10.2. The van der Waals surface area contributed by atoms with Crippen LogP contribution in [0.15, 0.2) is 48.5 Å². The van der Waals surface area contributed by atoms with Gasteiger partial charge in [-0.2, -0.15) is 0 Å². The highest BCUT2D eigenvalue weighted by Crippen LogP contribution is 2.13. The number of aliphatic hydroxyl groups excluding tert-OH is 1. The first-order valence-electron chi connectivity index (χ1n) is 6.76. The van der Waals surface area contributed by atoms with E-state index in [1.54, 1.807) is 30.3 Å². The molecule has 0 bridgehead atoms. The molecule has 3 N–H and O–H groups in total. The molecule has 0 heterocycles. The summed E-state index contributed by atoms with van der Waals surface area (Å²) in [6.45, 7) is 0.271. The molecule has 1 atom stereocenters. The van der Waals surface area contributed by atoms with E-state index in [-0.39, 0.29) is 18.7 Å². The molecule has 116 valence electrons. The van der Waals surface area contributed by atoms with Crippen LogP contribution in [0.3, 0.4) is 0 Å². The number of carbonyl (C=O) groups is 1. The Morgan fingerprint density at radius 1 is 1.14 bits per heavy atom. The number of amides is 1. The average Bonchev–Trinajstić information content (AvgIpc) is 2.52. The van der Waals surface area contributed by atoms with Gasteiger partial charge in [-0.15, -0.1) is 0 Å². The highest BCUT2D eigenvalue weighted by atomic mass is 35.5. The van der Waals surface area contributed by atoms with Crippen molar-refractivity contribution in [2.75, 3.05) is 18.4 Å². The fraction of sp³-hybridized carbons (Fsp3) is 0.188. The van der Waals surface area contributed by atoms with Crippen LogP contribution in [0.25, 0.3) is 0 Å². The summed E-state index contributed by atoms with van der Waals surface area (Å²) in [5.74, 6) is -1.14. The summed E-state index contributed by atoms with van der Waals surface area (Å²) >= 11 is 5.77. The van der Waals surface area contributed by atoms with Crippen LogP contribution >= 0.6 is 11.6 Å². The molecule has 0 aliphatic heterocycles. The van der Waals surface area contributed by atoms with Crippen molar-refractivity contribution in [3.8, 4) is 0 Å². The highest BCUT2D eigenvalue weighted by Gasteiger charge is 2.12. The predicted octanol–water partition coefficient (Wildman–Crippen LogP) is 2.68. The zero-order valence-electron chi connectivity index (χ0n) is 11.7. The van der Waals surface area contributed by atoms with Crippen molar-refractivity contribution in [1.82, 2.24) is 5.32 Å². The van der Waals surface area contributed by atoms with Gasteiger partial charge in [0.1, 0.15) is 5.82 Å². The maximum Gasteiger partial charge on any atom is 0.254 e. The van der Waals surface area contributed by atoms with E-state index in [4.69, 9.17) is 11.6 Å². The first-order valence-corrected chi connectivity index (χ1v) is 7.14. The van der Waals surface area contributed by atoms with E-state index in [9.17, 15) is 14.3 Å². The lowest BCUT2D eigenvalue weighted by Crippen LogP contribution is -2.36. The molecule has 0 unspecified atom stereocenters. The lowest BCUT2D eigenvalue weighted by molar-refractivity contribution is 0.0918. The fourth-order valence-corrected chi connectivity index (χ4v) is 1.95. The molecule has 6 heteroatoms. The van der Waals surface area contributed by atoms with E-state index in [0.717, 1.165) is 5.69 Å². The van der Waals surface area contributed by atoms with Crippen LogP contribution < -0.4 is 10.6 Å². The summed E-state index contributed by atoms with van der Waals surface area (Å²) in [6.07, 6.45) is -0.800. The standard InChI is InChI=1S/C16H16ClFN2O2/c17-11-5-7-12(8-6-11)19-9-13(21)10-20-16(22)14-3-1-2-4-15(14)18/h1-8,13,19,21H,9-10H2,(H,20,22)/t13-/m0/s1. The number of halogens is 2. The largest absolute Gasteiger partial charge is 0.389 e. The Morgan fingerprint density at radius 3 is 2.50 bits per heavy atom. The van der Waals surface area contributed by atoms with Gasteiger partial charge >= 0.3 is 0 Å². The maximum atomic E-state index is 13.4. The summed E-state index contributed by atoms with van der Waals surface area (Å²) in [5, 5.41) is 16.0. The molecule has 2 rings (SSSR count). The molecular weight excluding hydrogens is 307 g/mol. The Morgan fingerprint density at radius 2 is 1.82 bits per heavy atom. The van der Waals surface area contributed by atoms with Crippen molar-refractivity contribution >= 4 is 23.2 Å². The number of nitrogens with one attached hydrogen (secondary N) is 2. The summed E-state index contributed by atoms with van der Waals surface area (Å²) in [4.78, 5) is 11.8. The van der Waals surface area contributed by atoms with Crippen LogP contribution in [-0.2, 0) is 0 Å². The predicted molar refractivity (Wildman–Crippen MR) is 84.7 cm³/mol. The Bertz CT molecular complexity index is 634. The molecule has 0 spiro atoms. The zero-order chi connectivity index (χ0) is 15.9. The summed E-state index contributed by atoms with van der Waals surface area (Å²) in [5.41, 5.74) is 0.768. The molecule has 1 amide bonds. The number of hydrogen-bond donors (Lipinski definition) is 3. The Labute approximate surface area is 132 Å². The van der Waals surface area contributed by atoms with Crippen molar-refractivity contribution in [3.63, 3.8) is 0 Å². The van der Waals surface area contributed by atoms with Gasteiger partial charge in [0.05, 0.1) is 11.7 Å². The van der Waals surface area contributed by atoms with Gasteiger partial charge in [0.25, 0.3) is 5.91 Å². The first-order chi connectivity index (χ1) is 10.6. The molecule has 2 aromatic carbocycles. The van der Waals surface area contributed by atoms with Crippen molar-refractivity contribution in [2.24, 2.45) is 0 Å². The second-order valence-electron chi connectivity index (χ2n) is 4.73. The van der Waals surface area contributed by atoms with Crippen LogP contribution in [-0.4, -0.2) is 30.2 Å². The number of carbonyl (C=O) groups excluding carboxylic acids is 1. The summed E-state index contributed by atoms with van der Waals surface area (Å²) < 4.78 is 13.4. The van der Waals surface area contributed by atoms with Crippen LogP contribution in [0.4, 0.5) is 10.1 Å². The van der Waals surface area contributed by atoms with Crippen LogP contribution in [0.2, 0.25) is 5.02 Å². The molecule has 0 saturated carbocycles. The third kappa shape index (κ3) is 4.72. The SMILES string of the molecule is O=C(NC[C@@H](O)CNc1ccc(Cl)cc1)c1ccccc1F. The fourth-order valence-electron chi connectivity index (χ4n) is 1.83. The number of benzene rings is 2. The van der Waals surface area contributed by atoms with Gasteiger partial charge in [0.2, 0.25) is 0 Å². The molecule has 0 aliphatic rings. The molecule has 4 nitrogen and oxygen atoms in total. The first kappa shape index (κ1) is 16.3. The molecule has 0 aromatic heterocycles. The molecule has 0 fully saturated rings. The molecule has 0 radical (unpaired) electrons. The summed E-state index contributed by atoms with van der Waals surface area (Å²) in [6, 6.07) is 12.7. The van der Waals surface area contributed by atoms with Crippen molar-refractivity contribution in [2.45, 2.75) is 6.10 Å². The van der Waals surface area contributed by atoms with E-state index in [0.29, 0.717) is 5.02 Å². The van der Waals surface area contributed by atoms with Gasteiger partial charge in [-0.3, -0.25) is 4.79 Å². The van der Waals surface area contributed by atoms with E-state index < -0.39 is 17.8 Å². The van der Waals surface area contributed by atoms with Gasteiger partial charge in [-0.05, 0) is 36.4 Å². The van der Waals surface area contributed by atoms with E-state index in [1.165, 1.54) is 18.2 Å². The quantitative estimate of drug-likeness (QED) is 0.766. The summed E-state index contributed by atoms with van der Waals surface area (Å²) in [7, 11) is 0. The van der Waals surface area contributed by atoms with Gasteiger partial charge in [-0.1, -0.05) is 23.7 Å².